The van der Waals surface area contributed by atoms with Gasteiger partial charge in [0.2, 0.25) is 0 Å². The molecule has 0 fully saturated rings. The molecular formula is C24H23N3O6S. The molecule has 3 rings (SSSR count). The zero-order valence-corrected chi connectivity index (χ0v) is 19.3. The van der Waals surface area contributed by atoms with Crippen LogP contribution in [-0.4, -0.2) is 37.3 Å². The molecule has 10 heteroatoms. The van der Waals surface area contributed by atoms with Crippen molar-refractivity contribution in [2.45, 2.75) is 31.4 Å². The van der Waals surface area contributed by atoms with Crippen LogP contribution in [-0.2, 0) is 21.3 Å². The Bertz CT molecular complexity index is 1270. The molecule has 2 N–H and O–H groups in total. The number of amides is 2. The van der Waals surface area contributed by atoms with Crippen molar-refractivity contribution in [2.75, 3.05) is 0 Å². The fourth-order valence-corrected chi connectivity index (χ4v) is 3.80. The number of nitrogens with one attached hydrogen (secondary N) is 2. The highest BCUT2D eigenvalue weighted by atomic mass is 32.2. The van der Waals surface area contributed by atoms with Crippen molar-refractivity contribution in [1.29, 1.82) is 0 Å². The lowest BCUT2D eigenvalue weighted by Gasteiger charge is -2.09. The first-order valence-corrected chi connectivity index (χ1v) is 11.8. The number of carbonyl (C=O) groups is 3. The lowest BCUT2D eigenvalue weighted by molar-refractivity contribution is 0.0370. The van der Waals surface area contributed by atoms with Crippen LogP contribution < -0.4 is 10.0 Å². The average molecular weight is 482 g/mol. The maximum atomic E-state index is 12.6. The quantitative estimate of drug-likeness (QED) is 0.473. The molecular weight excluding hydrogens is 458 g/mol. The predicted octanol–water partition coefficient (Wildman–Crippen LogP) is 2.70. The third kappa shape index (κ3) is 6.48. The molecule has 176 valence electrons. The van der Waals surface area contributed by atoms with Crippen LogP contribution in [0.2, 0.25) is 0 Å². The normalized spacial score (nSPS) is 11.0. The highest BCUT2D eigenvalue weighted by Crippen LogP contribution is 2.12. The third-order valence-electron chi connectivity index (χ3n) is 4.53. The monoisotopic (exact) mass is 481 g/mol. The number of pyridine rings is 1. The number of carbonyl (C=O) groups excluding carboxylic acids is 3. The van der Waals surface area contributed by atoms with E-state index in [0.29, 0.717) is 6.54 Å². The fraction of sp³-hybridized carbons (Fsp3) is 0.167. The molecule has 3 aromatic rings. The first-order chi connectivity index (χ1) is 16.2. The molecule has 1 aromatic heterocycles. The van der Waals surface area contributed by atoms with Crippen molar-refractivity contribution in [3.05, 3.63) is 95.3 Å². The third-order valence-corrected chi connectivity index (χ3v) is 5.87. The number of aromatic nitrogens is 1. The van der Waals surface area contributed by atoms with E-state index in [2.05, 4.69) is 10.3 Å². The van der Waals surface area contributed by atoms with Gasteiger partial charge in [0.25, 0.3) is 21.8 Å². The van der Waals surface area contributed by atoms with Gasteiger partial charge in [-0.25, -0.2) is 22.9 Å². The number of esters is 1. The molecule has 0 aliphatic rings. The van der Waals surface area contributed by atoms with Gasteiger partial charge in [-0.2, -0.15) is 0 Å². The van der Waals surface area contributed by atoms with Crippen molar-refractivity contribution in [3.63, 3.8) is 0 Å². The van der Waals surface area contributed by atoms with E-state index < -0.39 is 21.9 Å². The van der Waals surface area contributed by atoms with Crippen LogP contribution in [0, 0.1) is 0 Å². The van der Waals surface area contributed by atoms with E-state index in [0.717, 1.165) is 11.8 Å². The summed E-state index contributed by atoms with van der Waals surface area (Å²) in [5.41, 5.74) is 1.14. The molecule has 0 atom stereocenters. The summed E-state index contributed by atoms with van der Waals surface area (Å²) >= 11 is 0. The molecule has 0 saturated carbocycles. The number of hydrogen-bond acceptors (Lipinski definition) is 7. The molecule has 0 bridgehead atoms. The summed E-state index contributed by atoms with van der Waals surface area (Å²) in [6.07, 6.45) is 0.755. The lowest BCUT2D eigenvalue weighted by atomic mass is 10.2. The summed E-state index contributed by atoms with van der Waals surface area (Å²) in [6, 6.07) is 17.1. The second-order valence-electron chi connectivity index (χ2n) is 7.51. The van der Waals surface area contributed by atoms with E-state index >= 15 is 0 Å². The maximum absolute atomic E-state index is 12.6. The van der Waals surface area contributed by atoms with Crippen LogP contribution in [0.1, 0.15) is 50.6 Å². The van der Waals surface area contributed by atoms with Crippen LogP contribution in [0.4, 0.5) is 0 Å². The number of rotatable bonds is 8. The van der Waals surface area contributed by atoms with Gasteiger partial charge in [0, 0.05) is 18.3 Å². The van der Waals surface area contributed by atoms with Crippen LogP contribution in [0.5, 0.6) is 0 Å². The molecule has 34 heavy (non-hydrogen) atoms. The average Bonchev–Trinajstić information content (AvgIpc) is 2.82. The number of benzene rings is 2. The van der Waals surface area contributed by atoms with Gasteiger partial charge < -0.3 is 10.1 Å². The second kappa shape index (κ2) is 10.7. The molecule has 0 radical (unpaired) electrons. The van der Waals surface area contributed by atoms with Crippen LogP contribution in [0.15, 0.2) is 77.8 Å². The Morgan fingerprint density at radius 2 is 1.53 bits per heavy atom. The molecule has 2 aromatic carbocycles. The van der Waals surface area contributed by atoms with Gasteiger partial charge in [0.1, 0.15) is 5.69 Å². The molecule has 0 aliphatic carbocycles. The minimum absolute atomic E-state index is 0.00534. The molecule has 9 nitrogen and oxygen atoms in total. The number of ether oxygens (including phenoxy) is 1. The molecule has 0 saturated heterocycles. The Morgan fingerprint density at radius 3 is 2.12 bits per heavy atom. The summed E-state index contributed by atoms with van der Waals surface area (Å²) in [6.45, 7) is 3.71. The minimum atomic E-state index is -4.20. The van der Waals surface area contributed by atoms with E-state index in [4.69, 9.17) is 4.74 Å². The topological polar surface area (TPSA) is 132 Å². The second-order valence-corrected chi connectivity index (χ2v) is 9.20. The van der Waals surface area contributed by atoms with E-state index in [1.807, 2.05) is 35.1 Å². The zero-order chi connectivity index (χ0) is 24.7. The van der Waals surface area contributed by atoms with E-state index in [-0.39, 0.29) is 33.7 Å². The fourth-order valence-electron chi connectivity index (χ4n) is 2.83. The largest absolute Gasteiger partial charge is 0.458 e. The SMILES string of the molecule is CC(C)OC(=O)c1ccc(C(=O)NS(=O)(=O)c2ccc(C(=O)NCc3ccccc3)cc2)cn1. The zero-order valence-electron chi connectivity index (χ0n) is 18.5. The summed E-state index contributed by atoms with van der Waals surface area (Å²) < 4.78 is 32.1. The smallest absolute Gasteiger partial charge is 0.357 e. The van der Waals surface area contributed by atoms with Gasteiger partial charge in [-0.15, -0.1) is 0 Å². The first-order valence-electron chi connectivity index (χ1n) is 10.3. The number of sulfonamides is 1. The highest BCUT2D eigenvalue weighted by Gasteiger charge is 2.20. The summed E-state index contributed by atoms with van der Waals surface area (Å²) in [7, 11) is -4.20. The Labute approximate surface area is 197 Å². The van der Waals surface area contributed by atoms with Crippen LogP contribution in [0.3, 0.4) is 0 Å². The minimum Gasteiger partial charge on any atom is -0.458 e. The lowest BCUT2D eigenvalue weighted by Crippen LogP contribution is -2.31. The standard InChI is InChI=1S/C24H23N3O6S/c1-16(2)33-24(30)21-13-10-19(15-25-21)23(29)27-34(31,32)20-11-8-18(9-12-20)22(28)26-14-17-6-4-3-5-7-17/h3-13,15-16H,14H2,1-2H3,(H,26,28)(H,27,29). The summed E-state index contributed by atoms with van der Waals surface area (Å²) in [4.78, 5) is 40.2. The summed E-state index contributed by atoms with van der Waals surface area (Å²) in [5, 5.41) is 2.75. The van der Waals surface area contributed by atoms with E-state index in [1.54, 1.807) is 13.8 Å². The maximum Gasteiger partial charge on any atom is 0.357 e. The van der Waals surface area contributed by atoms with Crippen molar-refractivity contribution in [1.82, 2.24) is 15.0 Å². The van der Waals surface area contributed by atoms with Crippen LogP contribution in [0.25, 0.3) is 0 Å². The van der Waals surface area contributed by atoms with Gasteiger partial charge in [-0.1, -0.05) is 30.3 Å². The van der Waals surface area contributed by atoms with Crippen molar-refractivity contribution < 1.29 is 27.5 Å². The van der Waals surface area contributed by atoms with Gasteiger partial charge in [0.05, 0.1) is 16.6 Å². The van der Waals surface area contributed by atoms with Crippen LogP contribution >= 0.6 is 0 Å². The van der Waals surface area contributed by atoms with E-state index in [9.17, 15) is 22.8 Å². The Hall–Kier alpha value is -4.05. The number of nitrogens with zero attached hydrogens (tertiary/aromatic N) is 1. The Morgan fingerprint density at radius 1 is 0.882 bits per heavy atom. The predicted molar refractivity (Wildman–Crippen MR) is 123 cm³/mol. The van der Waals surface area contributed by atoms with Gasteiger partial charge >= 0.3 is 5.97 Å². The van der Waals surface area contributed by atoms with E-state index in [1.165, 1.54) is 36.4 Å². The molecule has 0 spiro atoms. The number of hydrogen-bond donors (Lipinski definition) is 2. The molecule has 2 amide bonds. The Balaban J connectivity index is 1.62. The molecule has 0 unspecified atom stereocenters. The first kappa shape index (κ1) is 24.6. The summed E-state index contributed by atoms with van der Waals surface area (Å²) in [5.74, 6) is -1.93. The molecule has 1 heterocycles. The Kier molecular flexibility index (Phi) is 7.75. The molecule has 0 aliphatic heterocycles. The van der Waals surface area contributed by atoms with Crippen molar-refractivity contribution in [2.24, 2.45) is 0 Å². The van der Waals surface area contributed by atoms with Gasteiger partial charge in [0.15, 0.2) is 0 Å². The van der Waals surface area contributed by atoms with Crippen molar-refractivity contribution in [3.8, 4) is 0 Å². The van der Waals surface area contributed by atoms with Gasteiger partial charge in [-0.3, -0.25) is 9.59 Å². The van der Waals surface area contributed by atoms with Gasteiger partial charge in [-0.05, 0) is 55.8 Å². The van der Waals surface area contributed by atoms with Crippen molar-refractivity contribution >= 4 is 27.8 Å². The highest BCUT2D eigenvalue weighted by molar-refractivity contribution is 7.90.